The molecule has 1 amide bonds. The Morgan fingerprint density at radius 2 is 0.980 bits per heavy atom. The molecule has 49 heavy (non-hydrogen) atoms. The van der Waals surface area contributed by atoms with Gasteiger partial charge in [-0.25, -0.2) is 4.57 Å². The van der Waals surface area contributed by atoms with Crippen LogP contribution < -0.4 is 5.32 Å². The molecule has 0 aromatic carbocycles. The van der Waals surface area contributed by atoms with Crippen molar-refractivity contribution in [2.45, 2.75) is 200 Å². The number of hydrogen-bond donors (Lipinski definition) is 2. The summed E-state index contributed by atoms with van der Waals surface area (Å²) in [6, 6.07) is 0. The highest BCUT2D eigenvalue weighted by atomic mass is 31.2. The zero-order chi connectivity index (χ0) is 36.3. The van der Waals surface area contributed by atoms with Gasteiger partial charge >= 0.3 is 19.8 Å². The first-order valence-corrected chi connectivity index (χ1v) is 21.5. The first kappa shape index (κ1) is 47.5. The molecule has 2 N–H and O–H groups in total. The Morgan fingerprint density at radius 3 is 1.41 bits per heavy atom. The molecule has 0 saturated carbocycles. The van der Waals surface area contributed by atoms with Crippen LogP contribution in [0.3, 0.4) is 0 Å². The summed E-state index contributed by atoms with van der Waals surface area (Å²) in [5, 5.41) is 2.54. The van der Waals surface area contributed by atoms with E-state index in [9.17, 15) is 23.8 Å². The van der Waals surface area contributed by atoms with Gasteiger partial charge in [0.15, 0.2) is 6.10 Å². The zero-order valence-corrected chi connectivity index (χ0v) is 32.6. The van der Waals surface area contributed by atoms with Crippen molar-refractivity contribution in [1.29, 1.82) is 0 Å². The van der Waals surface area contributed by atoms with Crippen molar-refractivity contribution in [3.05, 3.63) is 0 Å². The molecule has 0 aliphatic rings. The van der Waals surface area contributed by atoms with Gasteiger partial charge in [-0.2, -0.15) is 0 Å². The minimum atomic E-state index is -4.48. The van der Waals surface area contributed by atoms with E-state index in [1.54, 1.807) is 6.92 Å². The van der Waals surface area contributed by atoms with Gasteiger partial charge in [0, 0.05) is 25.8 Å². The molecule has 0 fully saturated rings. The highest BCUT2D eigenvalue weighted by Gasteiger charge is 2.26. The monoisotopic (exact) mass is 720 g/mol. The summed E-state index contributed by atoms with van der Waals surface area (Å²) in [5.41, 5.74) is 0. The standard InChI is InChI=1S/C38H74NO9P/c1-4-7-9-11-13-15-17-19-21-23-25-27-29-37(41)45-33-35(34-47-49(43,44)46-32-31-39-36(40)6-3)48-38(42)30-28-26-24-22-20-18-16-14-12-10-8-5-2/h35H,4-34H2,1-3H3,(H,39,40)(H,43,44). The maximum Gasteiger partial charge on any atom is 0.472 e. The van der Waals surface area contributed by atoms with Gasteiger partial charge in [-0.05, 0) is 12.8 Å². The lowest BCUT2D eigenvalue weighted by Crippen LogP contribution is -2.30. The fourth-order valence-corrected chi connectivity index (χ4v) is 6.28. The molecule has 0 spiro atoms. The number of phosphoric acid groups is 1. The van der Waals surface area contributed by atoms with Gasteiger partial charge in [-0.15, -0.1) is 0 Å². The number of amides is 1. The van der Waals surface area contributed by atoms with Crippen LogP contribution in [-0.2, 0) is 37.5 Å². The van der Waals surface area contributed by atoms with Crippen molar-refractivity contribution in [3.8, 4) is 0 Å². The Labute approximate surface area is 299 Å². The largest absolute Gasteiger partial charge is 0.472 e. The molecule has 0 bridgehead atoms. The first-order valence-electron chi connectivity index (χ1n) is 20.0. The van der Waals surface area contributed by atoms with Gasteiger partial charge in [-0.1, -0.05) is 162 Å². The molecule has 0 rings (SSSR count). The predicted molar refractivity (Wildman–Crippen MR) is 197 cm³/mol. The van der Waals surface area contributed by atoms with E-state index in [-0.39, 0.29) is 44.9 Å². The number of esters is 2. The van der Waals surface area contributed by atoms with E-state index in [1.807, 2.05) is 0 Å². The number of hydrogen-bond acceptors (Lipinski definition) is 8. The number of phosphoric ester groups is 1. The van der Waals surface area contributed by atoms with E-state index in [1.165, 1.54) is 109 Å². The topological polar surface area (TPSA) is 137 Å². The van der Waals surface area contributed by atoms with Crippen LogP contribution in [0.5, 0.6) is 0 Å². The Balaban J connectivity index is 4.42. The normalized spacial score (nSPS) is 13.1. The van der Waals surface area contributed by atoms with Crippen molar-refractivity contribution in [3.63, 3.8) is 0 Å². The van der Waals surface area contributed by atoms with E-state index < -0.39 is 32.5 Å². The number of carbonyl (C=O) groups is 3. The Morgan fingerprint density at radius 1 is 0.571 bits per heavy atom. The second-order valence-corrected chi connectivity index (χ2v) is 14.8. The van der Waals surface area contributed by atoms with Crippen LogP contribution in [0, 0.1) is 0 Å². The van der Waals surface area contributed by atoms with Crippen LogP contribution in [0.4, 0.5) is 0 Å². The molecule has 0 saturated heterocycles. The summed E-state index contributed by atoms with van der Waals surface area (Å²) >= 11 is 0. The molecule has 2 unspecified atom stereocenters. The van der Waals surface area contributed by atoms with E-state index in [2.05, 4.69) is 19.2 Å². The molecule has 0 aliphatic carbocycles. The van der Waals surface area contributed by atoms with Crippen molar-refractivity contribution in [2.75, 3.05) is 26.4 Å². The summed E-state index contributed by atoms with van der Waals surface area (Å²) in [7, 11) is -4.48. The zero-order valence-electron chi connectivity index (χ0n) is 31.7. The van der Waals surface area contributed by atoms with Crippen molar-refractivity contribution in [1.82, 2.24) is 5.32 Å². The molecule has 0 radical (unpaired) electrons. The Kier molecular flexibility index (Phi) is 33.9. The minimum absolute atomic E-state index is 0.0504. The molecule has 2 atom stereocenters. The van der Waals surface area contributed by atoms with Gasteiger partial charge in [-0.3, -0.25) is 23.4 Å². The highest BCUT2D eigenvalue weighted by molar-refractivity contribution is 7.47. The molecule has 0 aromatic rings. The van der Waals surface area contributed by atoms with Crippen molar-refractivity contribution < 1.29 is 42.4 Å². The van der Waals surface area contributed by atoms with E-state index >= 15 is 0 Å². The third-order valence-corrected chi connectivity index (χ3v) is 9.60. The molecule has 11 heteroatoms. The quantitative estimate of drug-likeness (QED) is 0.0365. The van der Waals surface area contributed by atoms with Gasteiger partial charge in [0.25, 0.3) is 0 Å². The smallest absolute Gasteiger partial charge is 0.462 e. The minimum Gasteiger partial charge on any atom is -0.462 e. The maximum atomic E-state index is 12.6. The summed E-state index contributed by atoms with van der Waals surface area (Å²) in [6.07, 6.45) is 28.3. The average molecular weight is 720 g/mol. The van der Waals surface area contributed by atoms with E-state index in [4.69, 9.17) is 18.5 Å². The average Bonchev–Trinajstić information content (AvgIpc) is 3.08. The van der Waals surface area contributed by atoms with Gasteiger partial charge in [0.1, 0.15) is 6.61 Å². The molecule has 0 aliphatic heterocycles. The summed E-state index contributed by atoms with van der Waals surface area (Å²) in [5.74, 6) is -1.07. The number of rotatable bonds is 37. The van der Waals surface area contributed by atoms with Gasteiger partial charge in [0.05, 0.1) is 13.2 Å². The van der Waals surface area contributed by atoms with Crippen molar-refractivity contribution >= 4 is 25.7 Å². The number of unbranched alkanes of at least 4 members (excludes halogenated alkanes) is 22. The highest BCUT2D eigenvalue weighted by Crippen LogP contribution is 2.43. The lowest BCUT2D eigenvalue weighted by molar-refractivity contribution is -0.161. The lowest BCUT2D eigenvalue weighted by atomic mass is 10.0. The predicted octanol–water partition coefficient (Wildman–Crippen LogP) is 10.3. The van der Waals surface area contributed by atoms with Crippen LogP contribution in [0.15, 0.2) is 0 Å². The number of ether oxygens (including phenoxy) is 2. The lowest BCUT2D eigenvalue weighted by Gasteiger charge is -2.20. The number of nitrogens with one attached hydrogen (secondary N) is 1. The summed E-state index contributed by atoms with van der Waals surface area (Å²) in [4.78, 5) is 46.4. The van der Waals surface area contributed by atoms with Crippen LogP contribution >= 0.6 is 7.82 Å². The first-order chi connectivity index (χ1) is 23.7. The fourth-order valence-electron chi connectivity index (χ4n) is 5.53. The fraction of sp³-hybridized carbons (Fsp3) is 0.921. The second kappa shape index (κ2) is 34.9. The molecule has 0 aromatic heterocycles. The molecular formula is C38H74NO9P. The number of carbonyl (C=O) groups excluding carboxylic acids is 3. The molecule has 290 valence electrons. The van der Waals surface area contributed by atoms with Crippen LogP contribution in [0.25, 0.3) is 0 Å². The Hall–Kier alpha value is -1.48. The summed E-state index contributed by atoms with van der Waals surface area (Å²) < 4.78 is 33.2. The van der Waals surface area contributed by atoms with Crippen LogP contribution in [0.2, 0.25) is 0 Å². The maximum absolute atomic E-state index is 12.6. The van der Waals surface area contributed by atoms with Crippen molar-refractivity contribution in [2.24, 2.45) is 0 Å². The second-order valence-electron chi connectivity index (χ2n) is 13.4. The van der Waals surface area contributed by atoms with Crippen LogP contribution in [0.1, 0.15) is 194 Å². The van der Waals surface area contributed by atoms with E-state index in [0.717, 1.165) is 38.5 Å². The molecule has 0 heterocycles. The van der Waals surface area contributed by atoms with E-state index in [0.29, 0.717) is 6.42 Å². The van der Waals surface area contributed by atoms with Crippen LogP contribution in [-0.4, -0.2) is 55.2 Å². The Bertz CT molecular complexity index is 842. The molecule has 10 nitrogen and oxygen atoms in total. The third kappa shape index (κ3) is 34.7. The van der Waals surface area contributed by atoms with Gasteiger partial charge < -0.3 is 19.7 Å². The third-order valence-electron chi connectivity index (χ3n) is 8.62. The molecular weight excluding hydrogens is 645 g/mol. The summed E-state index contributed by atoms with van der Waals surface area (Å²) in [6.45, 7) is 5.25. The van der Waals surface area contributed by atoms with Gasteiger partial charge in [0.2, 0.25) is 5.91 Å². The SMILES string of the molecule is CCCCCCCCCCCCCCC(=O)OCC(COP(=O)(O)OCCNC(=O)CC)OC(=O)CCCCCCCCCCCCCC.